The molecule has 0 aromatic heterocycles. The first-order chi connectivity index (χ1) is 7.63. The molecule has 86 valence electrons. The minimum absolute atomic E-state index is 0.295. The summed E-state index contributed by atoms with van der Waals surface area (Å²) in [7, 11) is 0. The molecule has 0 radical (unpaired) electrons. The molecule has 0 saturated heterocycles. The molecule has 0 atom stereocenters. The van der Waals surface area contributed by atoms with Crippen molar-refractivity contribution in [2.45, 2.75) is 13.8 Å². The van der Waals surface area contributed by atoms with Crippen LogP contribution in [0.5, 0.6) is 0 Å². The van der Waals surface area contributed by atoms with Gasteiger partial charge >= 0.3 is 0 Å². The van der Waals surface area contributed by atoms with Crippen LogP contribution < -0.4 is 11.1 Å². The van der Waals surface area contributed by atoms with E-state index in [0.717, 1.165) is 0 Å². The van der Waals surface area contributed by atoms with Crippen LogP contribution >= 0.6 is 0 Å². The van der Waals surface area contributed by atoms with E-state index in [1.165, 1.54) is 6.08 Å². The summed E-state index contributed by atoms with van der Waals surface area (Å²) in [5.41, 5.74) is 6.05. The molecule has 0 spiro atoms. The molecular formula is C12H16N2O2. The third kappa shape index (κ3) is 4.41. The number of primary amides is 1. The van der Waals surface area contributed by atoms with Gasteiger partial charge < -0.3 is 11.1 Å². The van der Waals surface area contributed by atoms with Crippen LogP contribution in [-0.4, -0.2) is 11.8 Å². The second-order valence-corrected chi connectivity index (χ2v) is 2.63. The first kappa shape index (κ1) is 13.9. The predicted molar refractivity (Wildman–Crippen MR) is 65.1 cm³/mol. The molecule has 2 amide bonds. The van der Waals surface area contributed by atoms with Gasteiger partial charge in [0, 0.05) is 11.3 Å². The highest BCUT2D eigenvalue weighted by Gasteiger charge is 2.00. The number of amides is 2. The molecule has 0 fully saturated rings. The molecule has 0 aliphatic heterocycles. The number of anilines is 1. The third-order valence-electron chi connectivity index (χ3n) is 1.62. The molecule has 0 aliphatic rings. The maximum absolute atomic E-state index is 10.9. The third-order valence-corrected chi connectivity index (χ3v) is 1.62. The van der Waals surface area contributed by atoms with E-state index in [4.69, 9.17) is 5.73 Å². The van der Waals surface area contributed by atoms with Crippen LogP contribution in [0, 0.1) is 0 Å². The van der Waals surface area contributed by atoms with E-state index in [-0.39, 0.29) is 5.91 Å². The van der Waals surface area contributed by atoms with Gasteiger partial charge in [-0.1, -0.05) is 20.4 Å². The molecule has 0 bridgehead atoms. The Morgan fingerprint density at radius 1 is 1.25 bits per heavy atom. The van der Waals surface area contributed by atoms with E-state index >= 15 is 0 Å². The summed E-state index contributed by atoms with van der Waals surface area (Å²) in [6.07, 6.45) is 1.17. The molecule has 16 heavy (non-hydrogen) atoms. The van der Waals surface area contributed by atoms with Gasteiger partial charge in [0.05, 0.1) is 0 Å². The first-order valence-corrected chi connectivity index (χ1v) is 4.97. The Morgan fingerprint density at radius 2 is 1.75 bits per heavy atom. The van der Waals surface area contributed by atoms with Gasteiger partial charge in [0.25, 0.3) is 0 Å². The Bertz CT molecular complexity index is 369. The quantitative estimate of drug-likeness (QED) is 0.764. The van der Waals surface area contributed by atoms with Crippen molar-refractivity contribution in [2.24, 2.45) is 5.73 Å². The summed E-state index contributed by atoms with van der Waals surface area (Å²) in [6, 6.07) is 6.28. The molecule has 0 heterocycles. The number of benzene rings is 1. The summed E-state index contributed by atoms with van der Waals surface area (Å²) in [6.45, 7) is 7.32. The fourth-order valence-corrected chi connectivity index (χ4v) is 0.911. The SMILES string of the molecule is C=CC(=O)Nc1ccc(C(N)=O)cc1.CC. The zero-order valence-electron chi connectivity index (χ0n) is 9.49. The Morgan fingerprint density at radius 3 is 2.12 bits per heavy atom. The smallest absolute Gasteiger partial charge is 0.248 e. The second-order valence-electron chi connectivity index (χ2n) is 2.63. The monoisotopic (exact) mass is 220 g/mol. The van der Waals surface area contributed by atoms with Crippen molar-refractivity contribution in [3.63, 3.8) is 0 Å². The number of hydrogen-bond donors (Lipinski definition) is 2. The van der Waals surface area contributed by atoms with Crippen LogP contribution in [0.25, 0.3) is 0 Å². The van der Waals surface area contributed by atoms with Gasteiger partial charge in [-0.15, -0.1) is 0 Å². The van der Waals surface area contributed by atoms with Crippen molar-refractivity contribution in [1.82, 2.24) is 0 Å². The number of hydrogen-bond acceptors (Lipinski definition) is 2. The maximum Gasteiger partial charge on any atom is 0.248 e. The fraction of sp³-hybridized carbons (Fsp3) is 0.167. The lowest BCUT2D eigenvalue weighted by atomic mass is 10.2. The van der Waals surface area contributed by atoms with E-state index in [1.807, 2.05) is 13.8 Å². The van der Waals surface area contributed by atoms with Gasteiger partial charge in [0.2, 0.25) is 11.8 Å². The van der Waals surface area contributed by atoms with E-state index in [2.05, 4.69) is 11.9 Å². The van der Waals surface area contributed by atoms with Gasteiger partial charge in [-0.3, -0.25) is 9.59 Å². The molecule has 1 aromatic carbocycles. The Labute approximate surface area is 95.2 Å². The van der Waals surface area contributed by atoms with E-state index in [9.17, 15) is 9.59 Å². The standard InChI is InChI=1S/C10H10N2O2.C2H6/c1-2-9(13)12-8-5-3-7(4-6-8)10(11)14;1-2/h2-6H,1H2,(H2,11,14)(H,12,13);1-2H3. The van der Waals surface area contributed by atoms with Crippen molar-refractivity contribution in [3.8, 4) is 0 Å². The molecule has 3 N–H and O–H groups in total. The van der Waals surface area contributed by atoms with Crippen LogP contribution in [0.4, 0.5) is 5.69 Å². The highest BCUT2D eigenvalue weighted by atomic mass is 16.1. The van der Waals surface area contributed by atoms with Crippen LogP contribution in [0.3, 0.4) is 0 Å². The Hall–Kier alpha value is -2.10. The molecular weight excluding hydrogens is 204 g/mol. The van der Waals surface area contributed by atoms with Crippen LogP contribution in [-0.2, 0) is 4.79 Å². The lowest BCUT2D eigenvalue weighted by Gasteiger charge is -2.01. The molecule has 1 rings (SSSR count). The van der Waals surface area contributed by atoms with E-state index in [0.29, 0.717) is 11.3 Å². The first-order valence-electron chi connectivity index (χ1n) is 4.97. The Balaban J connectivity index is 0.00000106. The topological polar surface area (TPSA) is 72.2 Å². The van der Waals surface area contributed by atoms with Gasteiger partial charge in [-0.05, 0) is 30.3 Å². The molecule has 0 unspecified atom stereocenters. The maximum atomic E-state index is 10.9. The van der Waals surface area contributed by atoms with Crippen molar-refractivity contribution >= 4 is 17.5 Å². The Kier molecular flexibility index (Phi) is 6.28. The van der Waals surface area contributed by atoms with Crippen molar-refractivity contribution in [3.05, 3.63) is 42.5 Å². The predicted octanol–water partition coefficient (Wildman–Crippen LogP) is 1.94. The summed E-state index contributed by atoms with van der Waals surface area (Å²) in [5, 5.41) is 2.55. The second kappa shape index (κ2) is 7.23. The van der Waals surface area contributed by atoms with E-state index in [1.54, 1.807) is 24.3 Å². The van der Waals surface area contributed by atoms with Crippen LogP contribution in [0.15, 0.2) is 36.9 Å². The minimum Gasteiger partial charge on any atom is -0.366 e. The molecule has 0 aliphatic carbocycles. The highest BCUT2D eigenvalue weighted by molar-refractivity contribution is 5.99. The number of carbonyl (C=O) groups is 2. The van der Waals surface area contributed by atoms with Gasteiger partial charge in [-0.25, -0.2) is 0 Å². The zero-order chi connectivity index (χ0) is 12.6. The lowest BCUT2D eigenvalue weighted by Crippen LogP contribution is -2.11. The summed E-state index contributed by atoms with van der Waals surface area (Å²) in [4.78, 5) is 21.6. The minimum atomic E-state index is -0.494. The summed E-state index contributed by atoms with van der Waals surface area (Å²) >= 11 is 0. The highest BCUT2D eigenvalue weighted by Crippen LogP contribution is 2.08. The molecule has 4 heteroatoms. The van der Waals surface area contributed by atoms with Gasteiger partial charge in [-0.2, -0.15) is 0 Å². The number of carbonyl (C=O) groups excluding carboxylic acids is 2. The van der Waals surface area contributed by atoms with E-state index < -0.39 is 5.91 Å². The number of nitrogens with one attached hydrogen (secondary N) is 1. The van der Waals surface area contributed by atoms with Crippen molar-refractivity contribution in [2.75, 3.05) is 5.32 Å². The average molecular weight is 220 g/mol. The average Bonchev–Trinajstić information content (AvgIpc) is 2.32. The van der Waals surface area contributed by atoms with Gasteiger partial charge in [0.15, 0.2) is 0 Å². The number of rotatable bonds is 3. The van der Waals surface area contributed by atoms with Crippen LogP contribution in [0.1, 0.15) is 24.2 Å². The van der Waals surface area contributed by atoms with Crippen molar-refractivity contribution < 1.29 is 9.59 Å². The largest absolute Gasteiger partial charge is 0.366 e. The van der Waals surface area contributed by atoms with Crippen LogP contribution in [0.2, 0.25) is 0 Å². The fourth-order valence-electron chi connectivity index (χ4n) is 0.911. The molecule has 4 nitrogen and oxygen atoms in total. The zero-order valence-corrected chi connectivity index (χ0v) is 9.49. The summed E-state index contributed by atoms with van der Waals surface area (Å²) in [5.74, 6) is -0.788. The van der Waals surface area contributed by atoms with Gasteiger partial charge in [0.1, 0.15) is 0 Å². The van der Waals surface area contributed by atoms with Crippen molar-refractivity contribution in [1.29, 1.82) is 0 Å². The molecule has 1 aromatic rings. The molecule has 0 saturated carbocycles. The normalized spacial score (nSPS) is 8.38. The lowest BCUT2D eigenvalue weighted by molar-refractivity contribution is -0.111. The summed E-state index contributed by atoms with van der Waals surface area (Å²) < 4.78 is 0. The number of nitrogens with two attached hydrogens (primary N) is 1.